The molecule has 0 saturated heterocycles. The van der Waals surface area contributed by atoms with Crippen LogP contribution in [0, 0.1) is 0 Å². The first-order chi connectivity index (χ1) is 14.3. The van der Waals surface area contributed by atoms with Gasteiger partial charge in [-0.15, -0.1) is 0 Å². The van der Waals surface area contributed by atoms with Gasteiger partial charge in [0, 0.05) is 11.6 Å². The predicted molar refractivity (Wildman–Crippen MR) is 119 cm³/mol. The van der Waals surface area contributed by atoms with Gasteiger partial charge in [-0.2, -0.15) is 0 Å². The SMILES string of the molecule is CCCCCCOc1ccc(-c2nc3ccc(OCCCCCC)cc3o2)cc1. The van der Waals surface area contributed by atoms with Crippen molar-refractivity contribution in [3.63, 3.8) is 0 Å². The summed E-state index contributed by atoms with van der Waals surface area (Å²) in [5.41, 5.74) is 2.54. The molecule has 0 unspecified atom stereocenters. The fourth-order valence-electron chi connectivity index (χ4n) is 3.25. The van der Waals surface area contributed by atoms with Gasteiger partial charge in [0.25, 0.3) is 0 Å². The van der Waals surface area contributed by atoms with Gasteiger partial charge in [0.15, 0.2) is 5.58 Å². The van der Waals surface area contributed by atoms with E-state index in [0.717, 1.165) is 54.2 Å². The molecule has 0 aliphatic heterocycles. The second kappa shape index (κ2) is 11.5. The summed E-state index contributed by atoms with van der Waals surface area (Å²) >= 11 is 0. The number of fused-ring (bicyclic) bond motifs is 1. The van der Waals surface area contributed by atoms with Crippen LogP contribution in [0.3, 0.4) is 0 Å². The molecule has 3 aromatic rings. The molecule has 2 aromatic carbocycles. The summed E-state index contributed by atoms with van der Waals surface area (Å²) < 4.78 is 17.6. The Labute approximate surface area is 174 Å². The lowest BCUT2D eigenvalue weighted by Gasteiger charge is -2.06. The van der Waals surface area contributed by atoms with Crippen molar-refractivity contribution in [1.29, 1.82) is 0 Å². The molecule has 0 saturated carbocycles. The fourth-order valence-corrected chi connectivity index (χ4v) is 3.25. The summed E-state index contributed by atoms with van der Waals surface area (Å²) in [7, 11) is 0. The molecule has 1 aromatic heterocycles. The quantitative estimate of drug-likeness (QED) is 0.283. The van der Waals surface area contributed by atoms with Gasteiger partial charge in [-0.05, 0) is 49.2 Å². The fraction of sp³-hybridized carbons (Fsp3) is 0.480. The van der Waals surface area contributed by atoms with E-state index >= 15 is 0 Å². The molecule has 0 N–H and O–H groups in total. The topological polar surface area (TPSA) is 44.5 Å². The molecule has 156 valence electrons. The summed E-state index contributed by atoms with van der Waals surface area (Å²) in [5.74, 6) is 2.35. The van der Waals surface area contributed by atoms with E-state index in [9.17, 15) is 0 Å². The lowest BCUT2D eigenvalue weighted by molar-refractivity contribution is 0.305. The first-order valence-electron chi connectivity index (χ1n) is 11.1. The maximum absolute atomic E-state index is 5.97. The second-order valence-corrected chi connectivity index (χ2v) is 7.49. The van der Waals surface area contributed by atoms with E-state index in [2.05, 4.69) is 18.8 Å². The Morgan fingerprint density at radius 1 is 0.724 bits per heavy atom. The van der Waals surface area contributed by atoms with E-state index in [1.54, 1.807) is 0 Å². The zero-order valence-corrected chi connectivity index (χ0v) is 17.8. The number of oxazole rings is 1. The highest BCUT2D eigenvalue weighted by atomic mass is 16.5. The summed E-state index contributed by atoms with van der Waals surface area (Å²) in [6.45, 7) is 5.94. The molecule has 1 heterocycles. The highest BCUT2D eigenvalue weighted by Crippen LogP contribution is 2.28. The minimum atomic E-state index is 0.620. The third kappa shape index (κ3) is 6.52. The van der Waals surface area contributed by atoms with Crippen molar-refractivity contribution in [3.05, 3.63) is 42.5 Å². The Kier molecular flexibility index (Phi) is 8.41. The van der Waals surface area contributed by atoms with Gasteiger partial charge in [-0.3, -0.25) is 0 Å². The average Bonchev–Trinajstić information content (AvgIpc) is 3.17. The van der Waals surface area contributed by atoms with Crippen molar-refractivity contribution < 1.29 is 13.9 Å². The van der Waals surface area contributed by atoms with Crippen molar-refractivity contribution in [3.8, 4) is 23.0 Å². The largest absolute Gasteiger partial charge is 0.494 e. The summed E-state index contributed by atoms with van der Waals surface area (Å²) in [5, 5.41) is 0. The van der Waals surface area contributed by atoms with Gasteiger partial charge in [-0.1, -0.05) is 52.4 Å². The van der Waals surface area contributed by atoms with Crippen LogP contribution in [0.15, 0.2) is 46.9 Å². The molecule has 4 nitrogen and oxygen atoms in total. The number of aromatic nitrogens is 1. The molecule has 0 atom stereocenters. The Morgan fingerprint density at radius 3 is 2.00 bits per heavy atom. The minimum Gasteiger partial charge on any atom is -0.494 e. The van der Waals surface area contributed by atoms with E-state index in [-0.39, 0.29) is 0 Å². The molecule has 4 heteroatoms. The van der Waals surface area contributed by atoms with Gasteiger partial charge in [0.05, 0.1) is 13.2 Å². The standard InChI is InChI=1S/C25H33NO3/c1-3-5-7-9-17-27-21-13-11-20(12-14-21)25-26-23-16-15-22(19-24(23)29-25)28-18-10-8-6-4-2/h11-16,19H,3-10,17-18H2,1-2H3. The lowest BCUT2D eigenvalue weighted by Crippen LogP contribution is -1.96. The van der Waals surface area contributed by atoms with Gasteiger partial charge in [0.1, 0.15) is 17.0 Å². The number of hydrogen-bond acceptors (Lipinski definition) is 4. The lowest BCUT2D eigenvalue weighted by atomic mass is 10.2. The van der Waals surface area contributed by atoms with Crippen LogP contribution in [0.4, 0.5) is 0 Å². The highest BCUT2D eigenvalue weighted by molar-refractivity contribution is 5.77. The van der Waals surface area contributed by atoms with Crippen molar-refractivity contribution in [2.24, 2.45) is 0 Å². The highest BCUT2D eigenvalue weighted by Gasteiger charge is 2.09. The van der Waals surface area contributed by atoms with Crippen LogP contribution in [0.1, 0.15) is 65.2 Å². The summed E-state index contributed by atoms with van der Waals surface area (Å²) in [6.07, 6.45) is 9.63. The van der Waals surface area contributed by atoms with Crippen LogP contribution in [0.5, 0.6) is 11.5 Å². The average molecular weight is 396 g/mol. The Hall–Kier alpha value is -2.49. The van der Waals surface area contributed by atoms with E-state index < -0.39 is 0 Å². The molecular formula is C25H33NO3. The van der Waals surface area contributed by atoms with Crippen LogP contribution < -0.4 is 9.47 Å². The van der Waals surface area contributed by atoms with Crippen LogP contribution in [-0.2, 0) is 0 Å². The van der Waals surface area contributed by atoms with E-state index in [4.69, 9.17) is 13.9 Å². The number of nitrogens with zero attached hydrogens (tertiary/aromatic N) is 1. The molecule has 3 rings (SSSR count). The third-order valence-corrected chi connectivity index (χ3v) is 4.99. The zero-order chi connectivity index (χ0) is 20.3. The van der Waals surface area contributed by atoms with Gasteiger partial charge in [-0.25, -0.2) is 4.98 Å². The van der Waals surface area contributed by atoms with Crippen molar-refractivity contribution in [2.75, 3.05) is 13.2 Å². The molecular weight excluding hydrogens is 362 g/mol. The van der Waals surface area contributed by atoms with Crippen LogP contribution in [0.25, 0.3) is 22.6 Å². The summed E-state index contributed by atoms with van der Waals surface area (Å²) in [6, 6.07) is 13.8. The molecule has 0 fully saturated rings. The van der Waals surface area contributed by atoms with E-state index in [0.29, 0.717) is 5.89 Å². The normalized spacial score (nSPS) is 11.1. The molecule has 0 amide bonds. The van der Waals surface area contributed by atoms with Crippen LogP contribution in [0.2, 0.25) is 0 Å². The molecule has 0 bridgehead atoms. The molecule has 0 radical (unpaired) electrons. The zero-order valence-electron chi connectivity index (χ0n) is 17.8. The molecule has 0 spiro atoms. The summed E-state index contributed by atoms with van der Waals surface area (Å²) in [4.78, 5) is 4.61. The van der Waals surface area contributed by atoms with E-state index in [1.165, 1.54) is 38.5 Å². The second-order valence-electron chi connectivity index (χ2n) is 7.49. The number of rotatable bonds is 13. The van der Waals surface area contributed by atoms with Crippen molar-refractivity contribution >= 4 is 11.1 Å². The van der Waals surface area contributed by atoms with E-state index in [1.807, 2.05) is 42.5 Å². The maximum Gasteiger partial charge on any atom is 0.227 e. The Bertz CT molecular complexity index is 854. The predicted octanol–water partition coefficient (Wildman–Crippen LogP) is 7.41. The maximum atomic E-state index is 5.97. The molecule has 0 aliphatic carbocycles. The van der Waals surface area contributed by atoms with Gasteiger partial charge < -0.3 is 13.9 Å². The Balaban J connectivity index is 1.56. The molecule has 0 aliphatic rings. The smallest absolute Gasteiger partial charge is 0.227 e. The van der Waals surface area contributed by atoms with Gasteiger partial charge in [0.2, 0.25) is 5.89 Å². The monoisotopic (exact) mass is 395 g/mol. The first kappa shape index (κ1) is 21.2. The number of unbranched alkanes of at least 4 members (excludes halogenated alkanes) is 6. The molecule has 29 heavy (non-hydrogen) atoms. The van der Waals surface area contributed by atoms with Gasteiger partial charge >= 0.3 is 0 Å². The van der Waals surface area contributed by atoms with Crippen molar-refractivity contribution in [1.82, 2.24) is 4.98 Å². The number of hydrogen-bond donors (Lipinski definition) is 0. The van der Waals surface area contributed by atoms with Crippen molar-refractivity contribution in [2.45, 2.75) is 65.2 Å². The third-order valence-electron chi connectivity index (χ3n) is 4.99. The van der Waals surface area contributed by atoms with Crippen LogP contribution in [-0.4, -0.2) is 18.2 Å². The first-order valence-corrected chi connectivity index (χ1v) is 11.1. The Morgan fingerprint density at radius 2 is 1.34 bits per heavy atom. The van der Waals surface area contributed by atoms with Crippen LogP contribution >= 0.6 is 0 Å². The number of benzene rings is 2. The minimum absolute atomic E-state index is 0.620. The number of ether oxygens (including phenoxy) is 2.